The highest BCUT2D eigenvalue weighted by atomic mass is 127. The van der Waals surface area contributed by atoms with Gasteiger partial charge in [0.1, 0.15) is 11.3 Å². The fraction of sp³-hybridized carbons (Fsp3) is 0.357. The lowest BCUT2D eigenvalue weighted by molar-refractivity contribution is 0.524. The van der Waals surface area contributed by atoms with E-state index < -0.39 is 9.04 Å². The summed E-state index contributed by atoms with van der Waals surface area (Å²) >= 11 is 2.34. The largest absolute Gasteiger partial charge is 0.540 e. The third kappa shape index (κ3) is 2.85. The number of hydrogen-bond donors (Lipinski definition) is 0. The topological polar surface area (TPSA) is 22.1 Å². The molecule has 1 radical (unpaired) electrons. The summed E-state index contributed by atoms with van der Waals surface area (Å²) in [6, 6.07) is 8.20. The Morgan fingerprint density at radius 2 is 1.94 bits per heavy atom. The molecule has 1 heterocycles. The van der Waals surface area contributed by atoms with Crippen molar-refractivity contribution >= 4 is 42.5 Å². The molecule has 95 valence electrons. The first-order valence-corrected chi connectivity index (χ1v) is 8.93. The zero-order valence-electron chi connectivity index (χ0n) is 11.1. The maximum Gasteiger partial charge on any atom is 0.283 e. The zero-order valence-corrected chi connectivity index (χ0v) is 14.3. The molecular formula is C14H17INOSi. The van der Waals surface area contributed by atoms with Crippen LogP contribution in [0.25, 0.3) is 10.9 Å². The molecule has 18 heavy (non-hydrogen) atoms. The minimum Gasteiger partial charge on any atom is -0.540 e. The van der Waals surface area contributed by atoms with Gasteiger partial charge in [0.15, 0.2) is 0 Å². The van der Waals surface area contributed by atoms with Gasteiger partial charge in [0.2, 0.25) is 0 Å². The molecule has 0 aliphatic heterocycles. The van der Waals surface area contributed by atoms with Crippen LogP contribution in [0.2, 0.25) is 11.6 Å². The van der Waals surface area contributed by atoms with E-state index >= 15 is 0 Å². The second kappa shape index (κ2) is 5.17. The Labute approximate surface area is 124 Å². The highest BCUT2D eigenvalue weighted by Crippen LogP contribution is 2.32. The molecule has 0 fully saturated rings. The Hall–Kier alpha value is -0.623. The number of hydrogen-bond acceptors (Lipinski definition) is 2. The molecule has 1 aromatic carbocycles. The van der Waals surface area contributed by atoms with Gasteiger partial charge in [-0.15, -0.1) is 0 Å². The van der Waals surface area contributed by atoms with Crippen LogP contribution in [0.15, 0.2) is 30.5 Å². The van der Waals surface area contributed by atoms with Gasteiger partial charge >= 0.3 is 0 Å². The van der Waals surface area contributed by atoms with Gasteiger partial charge in [0.05, 0.1) is 0 Å². The van der Waals surface area contributed by atoms with Gasteiger partial charge in [-0.1, -0.05) is 26.8 Å². The quantitative estimate of drug-likeness (QED) is 0.568. The molecule has 0 aliphatic carbocycles. The lowest BCUT2D eigenvalue weighted by Crippen LogP contribution is -2.29. The number of aromatic nitrogens is 1. The molecule has 0 aliphatic rings. The predicted octanol–water partition coefficient (Wildman–Crippen LogP) is 4.64. The summed E-state index contributed by atoms with van der Waals surface area (Å²) in [5.41, 5.74) is 0.970. The van der Waals surface area contributed by atoms with Gasteiger partial charge in [0, 0.05) is 15.2 Å². The number of fused-ring (bicyclic) bond motifs is 1. The van der Waals surface area contributed by atoms with Crippen LogP contribution in [0, 0.1) is 3.57 Å². The average molecular weight is 370 g/mol. The Bertz CT molecular complexity index is 565. The molecule has 4 heteroatoms. The van der Waals surface area contributed by atoms with Crippen LogP contribution in [-0.2, 0) is 0 Å². The Kier molecular flexibility index (Phi) is 3.96. The normalized spacial score (nSPS) is 12.1. The molecule has 0 unspecified atom stereocenters. The van der Waals surface area contributed by atoms with Gasteiger partial charge in [-0.05, 0) is 52.4 Å². The summed E-state index contributed by atoms with van der Waals surface area (Å²) in [6.45, 7) is 8.88. The number of nitrogens with zero attached hydrogens (tertiary/aromatic N) is 1. The van der Waals surface area contributed by atoms with Crippen molar-refractivity contribution in [3.63, 3.8) is 0 Å². The molecule has 0 atom stereocenters. The first kappa shape index (κ1) is 13.8. The van der Waals surface area contributed by atoms with E-state index in [0.717, 1.165) is 11.3 Å². The first-order valence-electron chi connectivity index (χ1n) is 5.95. The van der Waals surface area contributed by atoms with Crippen LogP contribution < -0.4 is 4.43 Å². The van der Waals surface area contributed by atoms with E-state index in [1.54, 1.807) is 0 Å². The minimum absolute atomic E-state index is 0.217. The monoisotopic (exact) mass is 370 g/mol. The number of rotatable bonds is 2. The fourth-order valence-corrected chi connectivity index (χ4v) is 2.93. The van der Waals surface area contributed by atoms with Crippen molar-refractivity contribution in [3.8, 4) is 5.75 Å². The minimum atomic E-state index is -0.903. The van der Waals surface area contributed by atoms with Gasteiger partial charge in [0.25, 0.3) is 9.04 Å². The van der Waals surface area contributed by atoms with Crippen molar-refractivity contribution < 1.29 is 4.43 Å². The van der Waals surface area contributed by atoms with E-state index in [9.17, 15) is 0 Å². The van der Waals surface area contributed by atoms with Crippen LogP contribution in [0.3, 0.4) is 0 Å². The molecule has 0 N–H and O–H groups in total. The number of halogens is 1. The molecule has 0 saturated heterocycles. The molecule has 2 nitrogen and oxygen atoms in total. The lowest BCUT2D eigenvalue weighted by atomic mass is 10.2. The Balaban J connectivity index is 2.44. The summed E-state index contributed by atoms with van der Waals surface area (Å²) in [7, 11) is -0.903. The number of benzene rings is 1. The Morgan fingerprint density at radius 3 is 2.61 bits per heavy atom. The van der Waals surface area contributed by atoms with Crippen molar-refractivity contribution in [2.45, 2.75) is 32.4 Å². The summed E-state index contributed by atoms with van der Waals surface area (Å²) < 4.78 is 7.39. The maximum atomic E-state index is 6.18. The third-order valence-corrected chi connectivity index (χ3v) is 6.58. The van der Waals surface area contributed by atoms with Crippen molar-refractivity contribution in [2.24, 2.45) is 0 Å². The van der Waals surface area contributed by atoms with E-state index in [2.05, 4.69) is 67.0 Å². The second-order valence-electron chi connectivity index (χ2n) is 5.35. The summed E-state index contributed by atoms with van der Waals surface area (Å²) in [5.74, 6) is 0.914. The predicted molar refractivity (Wildman–Crippen MR) is 86.4 cm³/mol. The average Bonchev–Trinajstić information content (AvgIpc) is 2.32. The van der Waals surface area contributed by atoms with E-state index in [-0.39, 0.29) is 5.04 Å². The van der Waals surface area contributed by atoms with Crippen molar-refractivity contribution in [2.75, 3.05) is 0 Å². The van der Waals surface area contributed by atoms with E-state index in [1.807, 2.05) is 18.3 Å². The van der Waals surface area contributed by atoms with Gasteiger partial charge in [-0.25, -0.2) is 0 Å². The molecule has 2 rings (SSSR count). The summed E-state index contributed by atoms with van der Waals surface area (Å²) in [6.07, 6.45) is 1.82. The van der Waals surface area contributed by atoms with Crippen LogP contribution in [-0.4, -0.2) is 14.0 Å². The van der Waals surface area contributed by atoms with Gasteiger partial charge < -0.3 is 4.43 Å². The molecule has 2 aromatic rings. The fourth-order valence-electron chi connectivity index (χ4n) is 1.51. The molecule has 0 bridgehead atoms. The summed E-state index contributed by atoms with van der Waals surface area (Å²) in [5, 5.41) is 1.38. The molecule has 0 spiro atoms. The van der Waals surface area contributed by atoms with E-state index in [1.165, 1.54) is 8.96 Å². The van der Waals surface area contributed by atoms with E-state index in [0.29, 0.717) is 0 Å². The third-order valence-electron chi connectivity index (χ3n) is 3.00. The molecule has 0 saturated carbocycles. The van der Waals surface area contributed by atoms with Crippen molar-refractivity contribution in [1.82, 2.24) is 4.98 Å². The van der Waals surface area contributed by atoms with Crippen LogP contribution in [0.1, 0.15) is 20.8 Å². The first-order chi connectivity index (χ1) is 8.39. The smallest absolute Gasteiger partial charge is 0.283 e. The SMILES string of the molecule is C[Si](Oc1ccc(I)c2cccnc12)C(C)(C)C. The van der Waals surface area contributed by atoms with Crippen LogP contribution >= 0.6 is 22.6 Å². The van der Waals surface area contributed by atoms with Crippen LogP contribution in [0.4, 0.5) is 0 Å². The van der Waals surface area contributed by atoms with Crippen molar-refractivity contribution in [3.05, 3.63) is 34.0 Å². The van der Waals surface area contributed by atoms with Crippen LogP contribution in [0.5, 0.6) is 5.75 Å². The second-order valence-corrected chi connectivity index (χ2v) is 9.33. The highest BCUT2D eigenvalue weighted by molar-refractivity contribution is 14.1. The summed E-state index contributed by atoms with van der Waals surface area (Å²) in [4.78, 5) is 4.46. The molecular weight excluding hydrogens is 353 g/mol. The maximum absolute atomic E-state index is 6.18. The standard InChI is InChI=1S/C14H17INOSi/c1-14(2,3)18(4)17-12-8-7-11(15)10-6-5-9-16-13(10)12/h5-9H,1-4H3. The van der Waals surface area contributed by atoms with E-state index in [4.69, 9.17) is 4.43 Å². The molecule has 0 amide bonds. The number of pyridine rings is 1. The lowest BCUT2D eigenvalue weighted by Gasteiger charge is -2.25. The van der Waals surface area contributed by atoms with Gasteiger partial charge in [-0.3, -0.25) is 4.98 Å². The zero-order chi connectivity index (χ0) is 13.3. The highest BCUT2D eigenvalue weighted by Gasteiger charge is 2.26. The van der Waals surface area contributed by atoms with Crippen molar-refractivity contribution in [1.29, 1.82) is 0 Å². The molecule has 1 aromatic heterocycles. The van der Waals surface area contributed by atoms with Gasteiger partial charge in [-0.2, -0.15) is 0 Å². The Morgan fingerprint density at radius 1 is 1.22 bits per heavy atom.